The number of para-hydroxylation sites is 2. The van der Waals surface area contributed by atoms with E-state index in [0.717, 1.165) is 12.8 Å². The lowest BCUT2D eigenvalue weighted by Gasteiger charge is -2.30. The summed E-state index contributed by atoms with van der Waals surface area (Å²) in [7, 11) is 0. The topological polar surface area (TPSA) is 107 Å². The van der Waals surface area contributed by atoms with Gasteiger partial charge < -0.3 is 9.64 Å². The van der Waals surface area contributed by atoms with Gasteiger partial charge in [0.15, 0.2) is 11.8 Å². The lowest BCUT2D eigenvalue weighted by Crippen LogP contribution is -2.44. The molecule has 8 heteroatoms. The van der Waals surface area contributed by atoms with Crippen molar-refractivity contribution in [1.82, 2.24) is 0 Å². The molecule has 0 radical (unpaired) electrons. The van der Waals surface area contributed by atoms with Crippen molar-refractivity contribution in [2.75, 3.05) is 11.5 Å². The highest BCUT2D eigenvalue weighted by Crippen LogP contribution is 2.37. The van der Waals surface area contributed by atoms with Gasteiger partial charge in [0, 0.05) is 24.7 Å². The lowest BCUT2D eigenvalue weighted by atomic mass is 10.0. The zero-order chi connectivity index (χ0) is 21.3. The molecule has 1 unspecified atom stereocenters. The standard InChI is InChI=1S/C22H20N2O6/c25-20(14-7-2-1-3-8-14)19-22(27)21(26)18(13-15-9-6-12-30-15)23(19)16-10-4-5-11-17(16)24(28)29/h1-5,7-8,10-11,15,18-19H,6,9,12-13H2/t15-,18-,19?/m1/s1. The summed E-state index contributed by atoms with van der Waals surface area (Å²) in [4.78, 5) is 51.5. The van der Waals surface area contributed by atoms with Gasteiger partial charge in [0.1, 0.15) is 5.69 Å². The van der Waals surface area contributed by atoms with Crippen molar-refractivity contribution in [3.8, 4) is 0 Å². The zero-order valence-electron chi connectivity index (χ0n) is 16.1. The predicted octanol–water partition coefficient (Wildman–Crippen LogP) is 2.74. The zero-order valence-corrected chi connectivity index (χ0v) is 16.1. The molecule has 2 saturated heterocycles. The maximum Gasteiger partial charge on any atom is 0.292 e. The fraction of sp³-hybridized carbons (Fsp3) is 0.318. The number of rotatable bonds is 6. The van der Waals surface area contributed by atoms with Crippen molar-refractivity contribution >= 4 is 28.7 Å². The van der Waals surface area contributed by atoms with E-state index in [2.05, 4.69) is 0 Å². The Morgan fingerprint density at radius 1 is 1.07 bits per heavy atom. The molecule has 154 valence electrons. The van der Waals surface area contributed by atoms with Gasteiger partial charge in [0.2, 0.25) is 11.6 Å². The molecular formula is C22H20N2O6. The summed E-state index contributed by atoms with van der Waals surface area (Å²) < 4.78 is 5.63. The number of nitrogens with zero attached hydrogens (tertiary/aromatic N) is 2. The number of ketones is 3. The van der Waals surface area contributed by atoms with Crippen molar-refractivity contribution in [3.05, 3.63) is 70.3 Å². The Balaban J connectivity index is 1.81. The molecule has 0 aromatic heterocycles. The molecule has 2 heterocycles. The van der Waals surface area contributed by atoms with E-state index in [1.807, 2.05) is 0 Å². The molecule has 0 aliphatic carbocycles. The number of nitro groups is 1. The molecule has 2 fully saturated rings. The van der Waals surface area contributed by atoms with E-state index in [0.29, 0.717) is 6.61 Å². The largest absolute Gasteiger partial charge is 0.378 e. The summed E-state index contributed by atoms with van der Waals surface area (Å²) in [5, 5.41) is 11.6. The Kier molecular flexibility index (Phi) is 5.41. The Hall–Kier alpha value is -3.39. The van der Waals surface area contributed by atoms with Gasteiger partial charge in [-0.2, -0.15) is 0 Å². The Morgan fingerprint density at radius 3 is 2.43 bits per heavy atom. The van der Waals surface area contributed by atoms with E-state index in [-0.39, 0.29) is 29.5 Å². The summed E-state index contributed by atoms with van der Waals surface area (Å²) in [5.41, 5.74) is 0.0900. The van der Waals surface area contributed by atoms with Gasteiger partial charge in [-0.15, -0.1) is 0 Å². The number of carbonyl (C=O) groups excluding carboxylic acids is 3. The molecule has 2 aliphatic rings. The van der Waals surface area contributed by atoms with Crippen LogP contribution < -0.4 is 4.90 Å². The minimum absolute atomic E-state index is 0.0824. The van der Waals surface area contributed by atoms with E-state index in [9.17, 15) is 24.5 Å². The number of Topliss-reactive ketones (excluding diaryl/α,β-unsaturated/α-hetero) is 3. The fourth-order valence-electron chi connectivity index (χ4n) is 4.18. The molecule has 0 amide bonds. The number of hydrogen-bond donors (Lipinski definition) is 0. The Morgan fingerprint density at radius 2 is 1.77 bits per heavy atom. The van der Waals surface area contributed by atoms with Crippen molar-refractivity contribution < 1.29 is 24.0 Å². The van der Waals surface area contributed by atoms with Gasteiger partial charge in [0.05, 0.1) is 17.1 Å². The minimum atomic E-state index is -1.44. The third-order valence-electron chi connectivity index (χ3n) is 5.58. The normalized spacial score (nSPS) is 23.7. The number of ether oxygens (including phenoxy) is 1. The quantitative estimate of drug-likeness (QED) is 0.238. The Bertz CT molecular complexity index is 1000. The second-order valence-electron chi connectivity index (χ2n) is 7.40. The minimum Gasteiger partial charge on any atom is -0.378 e. The Labute approximate surface area is 172 Å². The van der Waals surface area contributed by atoms with Crippen molar-refractivity contribution in [1.29, 1.82) is 0 Å². The molecule has 0 spiro atoms. The first-order chi connectivity index (χ1) is 14.5. The van der Waals surface area contributed by atoms with Crippen LogP contribution in [0.25, 0.3) is 0 Å². The van der Waals surface area contributed by atoms with Crippen molar-refractivity contribution in [3.63, 3.8) is 0 Å². The van der Waals surface area contributed by atoms with Gasteiger partial charge in [-0.05, 0) is 18.9 Å². The highest BCUT2D eigenvalue weighted by Gasteiger charge is 2.53. The highest BCUT2D eigenvalue weighted by atomic mass is 16.6. The van der Waals surface area contributed by atoms with Crippen LogP contribution in [-0.2, 0) is 14.3 Å². The molecule has 3 atom stereocenters. The van der Waals surface area contributed by atoms with Crippen LogP contribution in [0.15, 0.2) is 54.6 Å². The number of nitro benzene ring substituents is 1. The van der Waals surface area contributed by atoms with Crippen LogP contribution in [0.1, 0.15) is 29.6 Å². The SMILES string of the molecule is O=C1C(=O)[C@@H](C[C@H]2CCCO2)N(c2ccccc2[N+](=O)[O-])C1C(=O)c1ccccc1. The first-order valence-electron chi connectivity index (χ1n) is 9.79. The van der Waals surface area contributed by atoms with Crippen LogP contribution >= 0.6 is 0 Å². The average Bonchev–Trinajstić information content (AvgIpc) is 3.36. The van der Waals surface area contributed by atoms with E-state index in [1.165, 1.54) is 23.1 Å². The number of anilines is 1. The van der Waals surface area contributed by atoms with Crippen molar-refractivity contribution in [2.24, 2.45) is 0 Å². The maximum atomic E-state index is 13.2. The lowest BCUT2D eigenvalue weighted by molar-refractivity contribution is -0.384. The first-order valence-corrected chi connectivity index (χ1v) is 9.79. The summed E-state index contributed by atoms with van der Waals surface area (Å²) in [6.07, 6.45) is 1.55. The van der Waals surface area contributed by atoms with Crippen LogP contribution in [0.3, 0.4) is 0 Å². The molecule has 0 bridgehead atoms. The summed E-state index contributed by atoms with van der Waals surface area (Å²) >= 11 is 0. The van der Waals surface area contributed by atoms with E-state index >= 15 is 0 Å². The number of carbonyl (C=O) groups is 3. The molecule has 2 aromatic carbocycles. The monoisotopic (exact) mass is 408 g/mol. The highest BCUT2D eigenvalue weighted by molar-refractivity contribution is 6.50. The van der Waals surface area contributed by atoms with Gasteiger partial charge >= 0.3 is 0 Å². The molecular weight excluding hydrogens is 388 g/mol. The number of benzene rings is 2. The smallest absolute Gasteiger partial charge is 0.292 e. The van der Waals surface area contributed by atoms with E-state index < -0.39 is 34.4 Å². The van der Waals surface area contributed by atoms with Crippen LogP contribution in [-0.4, -0.2) is 47.1 Å². The van der Waals surface area contributed by atoms with Crippen LogP contribution in [0.4, 0.5) is 11.4 Å². The molecule has 2 aromatic rings. The molecule has 8 nitrogen and oxygen atoms in total. The summed E-state index contributed by atoms with van der Waals surface area (Å²) in [6, 6.07) is 11.6. The molecule has 0 saturated carbocycles. The number of hydrogen-bond acceptors (Lipinski definition) is 7. The summed E-state index contributed by atoms with van der Waals surface area (Å²) in [6.45, 7) is 0.567. The molecule has 2 aliphatic heterocycles. The van der Waals surface area contributed by atoms with Gasteiger partial charge in [-0.3, -0.25) is 24.5 Å². The predicted molar refractivity (Wildman–Crippen MR) is 108 cm³/mol. The molecule has 30 heavy (non-hydrogen) atoms. The van der Waals surface area contributed by atoms with E-state index in [1.54, 1.807) is 36.4 Å². The van der Waals surface area contributed by atoms with Crippen LogP contribution in [0.5, 0.6) is 0 Å². The second-order valence-corrected chi connectivity index (χ2v) is 7.40. The molecule has 4 rings (SSSR count). The third kappa shape index (κ3) is 3.50. The first kappa shape index (κ1) is 19.9. The van der Waals surface area contributed by atoms with Gasteiger partial charge in [-0.25, -0.2) is 0 Å². The van der Waals surface area contributed by atoms with Gasteiger partial charge in [0.25, 0.3) is 5.69 Å². The summed E-state index contributed by atoms with van der Waals surface area (Å²) in [5.74, 6) is -2.11. The maximum absolute atomic E-state index is 13.2. The van der Waals surface area contributed by atoms with Crippen LogP contribution in [0, 0.1) is 10.1 Å². The van der Waals surface area contributed by atoms with E-state index in [4.69, 9.17) is 4.74 Å². The average molecular weight is 408 g/mol. The van der Waals surface area contributed by atoms with Crippen molar-refractivity contribution in [2.45, 2.75) is 37.5 Å². The third-order valence-corrected chi connectivity index (χ3v) is 5.58. The fourth-order valence-corrected chi connectivity index (χ4v) is 4.18. The van der Waals surface area contributed by atoms with Crippen LogP contribution in [0.2, 0.25) is 0 Å². The van der Waals surface area contributed by atoms with Gasteiger partial charge in [-0.1, -0.05) is 42.5 Å². The molecule has 0 N–H and O–H groups in total. The second kappa shape index (κ2) is 8.16.